The topological polar surface area (TPSA) is 76.2 Å². The van der Waals surface area contributed by atoms with Gasteiger partial charge in [0, 0.05) is 11.9 Å². The number of hydrogen-bond acceptors (Lipinski definition) is 3. The standard InChI is InChI=1S/C15H19N5/c1-3-12-5-4-6-13(9-12)20-15(16)18-10-14-7-8-17-11(2)19-14/h4-9H,3,10H2,1-2H3,(H3,16,18,20). The number of nitrogens with two attached hydrogens (primary N) is 1. The van der Waals surface area contributed by atoms with Crippen LogP contribution in [0.5, 0.6) is 0 Å². The number of nitrogens with one attached hydrogen (secondary N) is 1. The number of benzene rings is 1. The molecule has 5 nitrogen and oxygen atoms in total. The fourth-order valence-corrected chi connectivity index (χ4v) is 1.82. The van der Waals surface area contributed by atoms with Gasteiger partial charge in [-0.2, -0.15) is 0 Å². The van der Waals surface area contributed by atoms with Crippen molar-refractivity contribution in [3.63, 3.8) is 0 Å². The van der Waals surface area contributed by atoms with Gasteiger partial charge in [0.25, 0.3) is 0 Å². The minimum atomic E-state index is 0.384. The maximum atomic E-state index is 5.88. The van der Waals surface area contributed by atoms with E-state index < -0.39 is 0 Å². The van der Waals surface area contributed by atoms with Crippen molar-refractivity contribution in [2.45, 2.75) is 26.8 Å². The van der Waals surface area contributed by atoms with Gasteiger partial charge in [-0.25, -0.2) is 15.0 Å². The van der Waals surface area contributed by atoms with Gasteiger partial charge >= 0.3 is 0 Å². The predicted octanol–water partition coefficient (Wildman–Crippen LogP) is 2.27. The Kier molecular flexibility index (Phi) is 4.65. The van der Waals surface area contributed by atoms with E-state index in [0.29, 0.717) is 12.5 Å². The Hall–Kier alpha value is -2.43. The summed E-state index contributed by atoms with van der Waals surface area (Å²) < 4.78 is 0. The van der Waals surface area contributed by atoms with Crippen molar-refractivity contribution in [1.29, 1.82) is 0 Å². The van der Waals surface area contributed by atoms with Gasteiger partial charge in [0.15, 0.2) is 5.96 Å². The number of guanidine groups is 1. The van der Waals surface area contributed by atoms with Crippen LogP contribution in [0, 0.1) is 6.92 Å². The van der Waals surface area contributed by atoms with Gasteiger partial charge in [-0.15, -0.1) is 0 Å². The zero-order valence-corrected chi connectivity index (χ0v) is 11.8. The van der Waals surface area contributed by atoms with Gasteiger partial charge in [-0.1, -0.05) is 19.1 Å². The molecule has 20 heavy (non-hydrogen) atoms. The van der Waals surface area contributed by atoms with Crippen molar-refractivity contribution in [1.82, 2.24) is 9.97 Å². The minimum Gasteiger partial charge on any atom is -0.370 e. The average molecular weight is 269 g/mol. The van der Waals surface area contributed by atoms with Gasteiger partial charge in [0.1, 0.15) is 5.82 Å². The molecule has 2 rings (SSSR count). The number of aromatic nitrogens is 2. The van der Waals surface area contributed by atoms with Crippen molar-refractivity contribution < 1.29 is 0 Å². The molecular weight excluding hydrogens is 250 g/mol. The highest BCUT2D eigenvalue weighted by atomic mass is 15.1. The van der Waals surface area contributed by atoms with E-state index in [0.717, 1.165) is 23.6 Å². The third kappa shape index (κ3) is 4.05. The number of hydrogen-bond donors (Lipinski definition) is 2. The Morgan fingerprint density at radius 3 is 2.95 bits per heavy atom. The molecular formula is C15H19N5. The molecule has 0 aliphatic rings. The molecule has 0 aliphatic carbocycles. The monoisotopic (exact) mass is 269 g/mol. The summed E-state index contributed by atoms with van der Waals surface area (Å²) in [6, 6.07) is 9.96. The lowest BCUT2D eigenvalue weighted by molar-refractivity contribution is 0.924. The van der Waals surface area contributed by atoms with Crippen LogP contribution >= 0.6 is 0 Å². The van der Waals surface area contributed by atoms with E-state index in [1.54, 1.807) is 6.20 Å². The Balaban J connectivity index is 2.00. The fraction of sp³-hybridized carbons (Fsp3) is 0.267. The summed E-state index contributed by atoms with van der Waals surface area (Å²) in [4.78, 5) is 12.6. The van der Waals surface area contributed by atoms with Crippen LogP contribution in [0.3, 0.4) is 0 Å². The van der Waals surface area contributed by atoms with Crippen molar-refractivity contribution in [2.24, 2.45) is 10.7 Å². The molecule has 1 heterocycles. The van der Waals surface area contributed by atoms with Crippen LogP contribution in [0.25, 0.3) is 0 Å². The molecule has 0 spiro atoms. The predicted molar refractivity (Wildman–Crippen MR) is 81.5 cm³/mol. The Labute approximate surface area is 119 Å². The second kappa shape index (κ2) is 6.65. The first kappa shape index (κ1) is 14.0. The third-order valence-electron chi connectivity index (χ3n) is 2.85. The lowest BCUT2D eigenvalue weighted by Crippen LogP contribution is -2.22. The van der Waals surface area contributed by atoms with Crippen LogP contribution in [-0.4, -0.2) is 15.9 Å². The summed E-state index contributed by atoms with van der Waals surface area (Å²) in [6.45, 7) is 4.41. The molecule has 0 aliphatic heterocycles. The van der Waals surface area contributed by atoms with Gasteiger partial charge < -0.3 is 11.1 Å². The molecule has 0 fully saturated rings. The highest BCUT2D eigenvalue weighted by Gasteiger charge is 1.98. The lowest BCUT2D eigenvalue weighted by Gasteiger charge is -2.07. The summed E-state index contributed by atoms with van der Waals surface area (Å²) in [5.74, 6) is 1.12. The van der Waals surface area contributed by atoms with Crippen LogP contribution in [0.1, 0.15) is 24.0 Å². The molecule has 0 unspecified atom stereocenters. The van der Waals surface area contributed by atoms with Gasteiger partial charge in [-0.3, -0.25) is 0 Å². The van der Waals surface area contributed by atoms with Crippen LogP contribution in [0.2, 0.25) is 0 Å². The number of anilines is 1. The van der Waals surface area contributed by atoms with E-state index in [2.05, 4.69) is 39.3 Å². The zero-order valence-electron chi connectivity index (χ0n) is 11.8. The highest BCUT2D eigenvalue weighted by molar-refractivity contribution is 5.92. The molecule has 0 saturated carbocycles. The smallest absolute Gasteiger partial charge is 0.193 e. The van der Waals surface area contributed by atoms with Gasteiger partial charge in [-0.05, 0) is 37.1 Å². The molecule has 3 N–H and O–H groups in total. The maximum absolute atomic E-state index is 5.88. The maximum Gasteiger partial charge on any atom is 0.193 e. The molecule has 0 radical (unpaired) electrons. The molecule has 0 bridgehead atoms. The van der Waals surface area contributed by atoms with E-state index in [1.807, 2.05) is 25.1 Å². The average Bonchev–Trinajstić information content (AvgIpc) is 2.45. The molecule has 1 aromatic carbocycles. The van der Waals surface area contributed by atoms with E-state index in [9.17, 15) is 0 Å². The molecule has 0 amide bonds. The fourth-order valence-electron chi connectivity index (χ4n) is 1.82. The first-order valence-corrected chi connectivity index (χ1v) is 6.62. The Morgan fingerprint density at radius 1 is 1.35 bits per heavy atom. The van der Waals surface area contributed by atoms with Crippen LogP contribution < -0.4 is 11.1 Å². The summed E-state index contributed by atoms with van der Waals surface area (Å²) in [7, 11) is 0. The van der Waals surface area contributed by atoms with Gasteiger partial charge in [0.2, 0.25) is 0 Å². The molecule has 0 atom stereocenters. The molecule has 1 aromatic heterocycles. The summed E-state index contributed by atoms with van der Waals surface area (Å²) in [5.41, 5.74) is 8.94. The van der Waals surface area contributed by atoms with Crippen LogP contribution in [0.15, 0.2) is 41.5 Å². The van der Waals surface area contributed by atoms with E-state index >= 15 is 0 Å². The Morgan fingerprint density at radius 2 is 2.20 bits per heavy atom. The van der Waals surface area contributed by atoms with E-state index in [1.165, 1.54) is 5.56 Å². The second-order valence-electron chi connectivity index (χ2n) is 4.48. The highest BCUT2D eigenvalue weighted by Crippen LogP contribution is 2.10. The summed E-state index contributed by atoms with van der Waals surface area (Å²) in [6.07, 6.45) is 2.72. The van der Waals surface area contributed by atoms with Gasteiger partial charge in [0.05, 0.1) is 12.2 Å². The Bertz CT molecular complexity index is 607. The van der Waals surface area contributed by atoms with E-state index in [4.69, 9.17) is 5.73 Å². The SMILES string of the molecule is CCc1cccc(NC(N)=NCc2ccnc(C)n2)c1. The van der Waals surface area contributed by atoms with Crippen molar-refractivity contribution in [3.05, 3.63) is 53.6 Å². The number of aliphatic imine (C=N–C) groups is 1. The molecule has 2 aromatic rings. The summed E-state index contributed by atoms with van der Waals surface area (Å²) in [5, 5.41) is 3.09. The lowest BCUT2D eigenvalue weighted by atomic mass is 10.1. The van der Waals surface area contributed by atoms with Crippen molar-refractivity contribution in [3.8, 4) is 0 Å². The quantitative estimate of drug-likeness (QED) is 0.659. The first-order chi connectivity index (χ1) is 9.67. The number of aryl methyl sites for hydroxylation is 2. The third-order valence-corrected chi connectivity index (χ3v) is 2.85. The molecule has 0 saturated heterocycles. The first-order valence-electron chi connectivity index (χ1n) is 6.62. The van der Waals surface area contributed by atoms with E-state index in [-0.39, 0.29) is 0 Å². The van der Waals surface area contributed by atoms with Crippen LogP contribution in [-0.2, 0) is 13.0 Å². The van der Waals surface area contributed by atoms with Crippen LogP contribution in [0.4, 0.5) is 5.69 Å². The number of rotatable bonds is 4. The normalized spacial score (nSPS) is 11.4. The van der Waals surface area contributed by atoms with Crippen molar-refractivity contribution >= 4 is 11.6 Å². The summed E-state index contributed by atoms with van der Waals surface area (Å²) >= 11 is 0. The zero-order chi connectivity index (χ0) is 14.4. The second-order valence-corrected chi connectivity index (χ2v) is 4.48. The molecule has 5 heteroatoms. The van der Waals surface area contributed by atoms with Crippen molar-refractivity contribution in [2.75, 3.05) is 5.32 Å². The minimum absolute atomic E-state index is 0.384. The largest absolute Gasteiger partial charge is 0.370 e. The number of nitrogens with zero attached hydrogens (tertiary/aromatic N) is 3. The molecule has 104 valence electrons.